The molecule has 6 heteroatoms. The number of ether oxygens (including phenoxy) is 2. The van der Waals surface area contributed by atoms with Gasteiger partial charge in [-0.15, -0.1) is 0 Å². The highest BCUT2D eigenvalue weighted by Gasteiger charge is 2.12. The first-order chi connectivity index (χ1) is 11.1. The van der Waals surface area contributed by atoms with E-state index in [-0.39, 0.29) is 5.91 Å². The molecule has 0 aromatic heterocycles. The molecule has 0 aliphatic rings. The topological polar surface area (TPSA) is 59.9 Å². The molecule has 2 aromatic carbocycles. The van der Waals surface area contributed by atoms with Crippen molar-refractivity contribution in [2.24, 2.45) is 5.10 Å². The van der Waals surface area contributed by atoms with Gasteiger partial charge < -0.3 is 9.47 Å². The second kappa shape index (κ2) is 7.65. The zero-order valence-electron chi connectivity index (χ0n) is 13.1. The molecule has 0 saturated carbocycles. The lowest BCUT2D eigenvalue weighted by molar-refractivity contribution is 0.0955. The normalized spacial score (nSPS) is 10.6. The Morgan fingerprint density at radius 3 is 2.43 bits per heavy atom. The van der Waals surface area contributed by atoms with E-state index in [2.05, 4.69) is 10.5 Å². The number of hydrazone groups is 1. The van der Waals surface area contributed by atoms with Gasteiger partial charge in [0.15, 0.2) is 11.5 Å². The molecule has 0 bridgehead atoms. The molecule has 5 nitrogen and oxygen atoms in total. The Labute approximate surface area is 139 Å². The van der Waals surface area contributed by atoms with Crippen molar-refractivity contribution in [3.8, 4) is 11.5 Å². The van der Waals surface area contributed by atoms with Gasteiger partial charge in [0.2, 0.25) is 0 Å². The third-order valence-corrected chi connectivity index (χ3v) is 3.59. The van der Waals surface area contributed by atoms with Gasteiger partial charge in [-0.3, -0.25) is 4.79 Å². The van der Waals surface area contributed by atoms with Gasteiger partial charge >= 0.3 is 0 Å². The van der Waals surface area contributed by atoms with Gasteiger partial charge in [-0.2, -0.15) is 5.10 Å². The van der Waals surface area contributed by atoms with E-state index < -0.39 is 0 Å². The van der Waals surface area contributed by atoms with Crippen molar-refractivity contribution in [3.05, 3.63) is 58.1 Å². The van der Waals surface area contributed by atoms with Crippen molar-refractivity contribution in [1.82, 2.24) is 5.43 Å². The predicted molar refractivity (Wildman–Crippen MR) is 90.8 cm³/mol. The molecule has 0 atom stereocenters. The van der Waals surface area contributed by atoms with E-state index in [9.17, 15) is 4.79 Å². The maximum atomic E-state index is 12.0. The van der Waals surface area contributed by atoms with Crippen molar-refractivity contribution in [1.29, 1.82) is 0 Å². The lowest BCUT2D eigenvalue weighted by atomic mass is 10.1. The maximum absolute atomic E-state index is 12.0. The Morgan fingerprint density at radius 2 is 1.83 bits per heavy atom. The maximum Gasteiger partial charge on any atom is 0.271 e. The Balaban J connectivity index is 2.11. The minimum Gasteiger partial charge on any atom is -0.493 e. The van der Waals surface area contributed by atoms with Crippen LogP contribution in [0.25, 0.3) is 0 Å². The van der Waals surface area contributed by atoms with Gasteiger partial charge in [-0.05, 0) is 31.2 Å². The highest BCUT2D eigenvalue weighted by molar-refractivity contribution is 6.34. The number of halogens is 1. The predicted octanol–water partition coefficient (Wildman–Crippen LogP) is 3.43. The fraction of sp³-hybridized carbons (Fsp3) is 0.176. The third-order valence-electron chi connectivity index (χ3n) is 3.20. The molecule has 0 aliphatic heterocycles. The Hall–Kier alpha value is -2.53. The van der Waals surface area contributed by atoms with Gasteiger partial charge in [-0.1, -0.05) is 29.3 Å². The third kappa shape index (κ3) is 4.02. The van der Waals surface area contributed by atoms with E-state index in [0.717, 1.165) is 5.56 Å². The minimum atomic E-state index is -0.294. The smallest absolute Gasteiger partial charge is 0.271 e. The van der Waals surface area contributed by atoms with Crippen LogP contribution in [0, 0.1) is 6.92 Å². The molecule has 1 amide bonds. The summed E-state index contributed by atoms with van der Waals surface area (Å²) in [6, 6.07) is 10.7. The van der Waals surface area contributed by atoms with Crippen LogP contribution >= 0.6 is 11.6 Å². The summed E-state index contributed by atoms with van der Waals surface area (Å²) in [5, 5.41) is 4.29. The molecule has 0 aliphatic carbocycles. The Morgan fingerprint density at radius 1 is 1.13 bits per heavy atom. The lowest BCUT2D eigenvalue weighted by Gasteiger charge is -2.10. The summed E-state index contributed by atoms with van der Waals surface area (Å²) in [7, 11) is 3.04. The Bertz CT molecular complexity index is 727. The monoisotopic (exact) mass is 332 g/mol. The highest BCUT2D eigenvalue weighted by atomic mass is 35.5. The fourth-order valence-corrected chi connectivity index (χ4v) is 2.22. The van der Waals surface area contributed by atoms with Crippen molar-refractivity contribution in [2.75, 3.05) is 14.2 Å². The molecule has 120 valence electrons. The number of amides is 1. The number of carbonyl (C=O) groups is 1. The number of rotatable bonds is 5. The van der Waals surface area contributed by atoms with E-state index in [4.69, 9.17) is 21.1 Å². The number of hydrogen-bond donors (Lipinski definition) is 1. The standard InChI is InChI=1S/C17H17ClN2O3/c1-11-4-6-12(7-5-11)17(21)20-19-10-13-8-9-14(22-2)16(23-3)15(13)18/h4-10H,1-3H3,(H,20,21)/b19-10-. The van der Waals surface area contributed by atoms with E-state index in [1.54, 1.807) is 24.3 Å². The first kappa shape index (κ1) is 16.8. The number of nitrogens with one attached hydrogen (secondary N) is 1. The molecule has 0 unspecified atom stereocenters. The van der Waals surface area contributed by atoms with E-state index in [1.165, 1.54) is 20.4 Å². The largest absolute Gasteiger partial charge is 0.493 e. The molecule has 1 N–H and O–H groups in total. The van der Waals surface area contributed by atoms with Gasteiger partial charge in [-0.25, -0.2) is 5.43 Å². The number of hydrogen-bond acceptors (Lipinski definition) is 4. The molecule has 23 heavy (non-hydrogen) atoms. The van der Waals surface area contributed by atoms with Crippen molar-refractivity contribution in [2.45, 2.75) is 6.92 Å². The summed E-state index contributed by atoms with van der Waals surface area (Å²) in [6.07, 6.45) is 1.45. The molecule has 0 saturated heterocycles. The first-order valence-corrected chi connectivity index (χ1v) is 7.25. The highest BCUT2D eigenvalue weighted by Crippen LogP contribution is 2.36. The van der Waals surface area contributed by atoms with Crippen LogP contribution in [0.5, 0.6) is 11.5 Å². The summed E-state index contributed by atoms with van der Waals surface area (Å²) >= 11 is 6.23. The molecule has 0 fully saturated rings. The summed E-state index contributed by atoms with van der Waals surface area (Å²) in [5.41, 5.74) is 4.68. The van der Waals surface area contributed by atoms with Gasteiger partial charge in [0.05, 0.1) is 25.5 Å². The second-order valence-corrected chi connectivity index (χ2v) is 5.15. The summed E-state index contributed by atoms with van der Waals surface area (Å²) in [4.78, 5) is 12.0. The summed E-state index contributed by atoms with van der Waals surface area (Å²) in [5.74, 6) is 0.652. The number of aryl methyl sites for hydroxylation is 1. The van der Waals surface area contributed by atoms with Gasteiger partial charge in [0, 0.05) is 11.1 Å². The zero-order valence-corrected chi connectivity index (χ0v) is 13.8. The van der Waals surface area contributed by atoms with E-state index >= 15 is 0 Å². The quantitative estimate of drug-likeness (QED) is 0.674. The molecule has 0 spiro atoms. The van der Waals surface area contributed by atoms with Crippen LogP contribution < -0.4 is 14.9 Å². The van der Waals surface area contributed by atoms with Crippen LogP contribution in [-0.2, 0) is 0 Å². The van der Waals surface area contributed by atoms with Crippen LogP contribution in [0.3, 0.4) is 0 Å². The SMILES string of the molecule is COc1ccc(/C=N\NC(=O)c2ccc(C)cc2)c(Cl)c1OC. The second-order valence-electron chi connectivity index (χ2n) is 4.77. The summed E-state index contributed by atoms with van der Waals surface area (Å²) in [6.45, 7) is 1.96. The van der Waals surface area contributed by atoms with Crippen molar-refractivity contribution >= 4 is 23.7 Å². The zero-order chi connectivity index (χ0) is 16.8. The van der Waals surface area contributed by atoms with E-state index in [0.29, 0.717) is 27.6 Å². The van der Waals surface area contributed by atoms with Crippen LogP contribution in [0.4, 0.5) is 0 Å². The van der Waals surface area contributed by atoms with Crippen LogP contribution in [0.15, 0.2) is 41.5 Å². The van der Waals surface area contributed by atoms with Crippen molar-refractivity contribution < 1.29 is 14.3 Å². The van der Waals surface area contributed by atoms with Gasteiger partial charge in [0.1, 0.15) is 0 Å². The molecule has 0 heterocycles. The van der Waals surface area contributed by atoms with Crippen LogP contribution in [-0.4, -0.2) is 26.3 Å². The number of carbonyl (C=O) groups excluding carboxylic acids is 1. The average molecular weight is 333 g/mol. The lowest BCUT2D eigenvalue weighted by Crippen LogP contribution is -2.17. The Kier molecular flexibility index (Phi) is 5.60. The first-order valence-electron chi connectivity index (χ1n) is 6.87. The van der Waals surface area contributed by atoms with Gasteiger partial charge in [0.25, 0.3) is 5.91 Å². The molecule has 2 rings (SSSR count). The van der Waals surface area contributed by atoms with Crippen molar-refractivity contribution in [3.63, 3.8) is 0 Å². The van der Waals surface area contributed by atoms with Crippen LogP contribution in [0.1, 0.15) is 21.5 Å². The van der Waals surface area contributed by atoms with Crippen LogP contribution in [0.2, 0.25) is 5.02 Å². The average Bonchev–Trinajstić information content (AvgIpc) is 2.56. The summed E-state index contributed by atoms with van der Waals surface area (Å²) < 4.78 is 10.4. The number of nitrogens with zero attached hydrogens (tertiary/aromatic N) is 1. The van der Waals surface area contributed by atoms with E-state index in [1.807, 2.05) is 19.1 Å². The number of methoxy groups -OCH3 is 2. The fourth-order valence-electron chi connectivity index (χ4n) is 1.93. The minimum absolute atomic E-state index is 0.294. The molecule has 2 aromatic rings. The molecular formula is C17H17ClN2O3. The molecular weight excluding hydrogens is 316 g/mol. The number of benzene rings is 2. The molecule has 0 radical (unpaired) electrons.